The summed E-state index contributed by atoms with van der Waals surface area (Å²) in [5.41, 5.74) is -0.431. The summed E-state index contributed by atoms with van der Waals surface area (Å²) in [7, 11) is -3.71. The number of hydrogen-bond donors (Lipinski definition) is 0. The van der Waals surface area contributed by atoms with Gasteiger partial charge in [-0.25, -0.2) is 13.2 Å². The van der Waals surface area contributed by atoms with Gasteiger partial charge in [-0.3, -0.25) is 4.18 Å². The molecule has 0 aliphatic rings. The van der Waals surface area contributed by atoms with E-state index in [2.05, 4.69) is 10.8 Å². The van der Waals surface area contributed by atoms with Gasteiger partial charge in [0.25, 0.3) is 10.1 Å². The Bertz CT molecular complexity index is 552. The van der Waals surface area contributed by atoms with Gasteiger partial charge < -0.3 is 0 Å². The van der Waals surface area contributed by atoms with E-state index in [-0.39, 0.29) is 11.1 Å². The summed E-state index contributed by atoms with van der Waals surface area (Å²) in [6, 6.07) is 0.953. The predicted molar refractivity (Wildman–Crippen MR) is 56.1 cm³/mol. The molecule has 0 atom stereocenters. The van der Waals surface area contributed by atoms with Crippen molar-refractivity contribution in [2.75, 3.05) is 12.9 Å². The zero-order valence-electron chi connectivity index (χ0n) is 8.84. The number of rotatable bonds is 4. The summed E-state index contributed by atoms with van der Waals surface area (Å²) < 4.78 is 64.4. The first-order valence-electron chi connectivity index (χ1n) is 4.38. The van der Waals surface area contributed by atoms with Crippen molar-refractivity contribution in [3.05, 3.63) is 41.7 Å². The van der Waals surface area contributed by atoms with E-state index in [9.17, 15) is 21.6 Å². The van der Waals surface area contributed by atoms with E-state index in [1.807, 2.05) is 0 Å². The molecule has 3 nitrogen and oxygen atoms in total. The summed E-state index contributed by atoms with van der Waals surface area (Å²) in [6.45, 7) is 2.81. The average molecular weight is 266 g/mol. The van der Waals surface area contributed by atoms with Crippen molar-refractivity contribution in [1.82, 2.24) is 0 Å². The maximum atomic E-state index is 13.2. The molecule has 0 aliphatic heterocycles. The monoisotopic (exact) mass is 266 g/mol. The van der Waals surface area contributed by atoms with Crippen molar-refractivity contribution >= 4 is 15.7 Å². The number of halogens is 3. The smallest absolute Gasteiger partial charge is 0.264 e. The lowest BCUT2D eigenvalue weighted by Crippen LogP contribution is -2.06. The Morgan fingerprint density at radius 3 is 2.29 bits per heavy atom. The molecule has 17 heavy (non-hydrogen) atoms. The van der Waals surface area contributed by atoms with E-state index in [0.717, 1.165) is 6.26 Å². The topological polar surface area (TPSA) is 43.4 Å². The van der Waals surface area contributed by atoms with Crippen LogP contribution >= 0.6 is 0 Å². The summed E-state index contributed by atoms with van der Waals surface area (Å²) in [4.78, 5) is 0. The molecule has 0 radical (unpaired) electrons. The average Bonchev–Trinajstić information content (AvgIpc) is 2.19. The highest BCUT2D eigenvalue weighted by Gasteiger charge is 2.13. The first-order valence-corrected chi connectivity index (χ1v) is 6.19. The third kappa shape index (κ3) is 3.86. The van der Waals surface area contributed by atoms with Crippen LogP contribution in [-0.4, -0.2) is 21.3 Å². The van der Waals surface area contributed by atoms with E-state index in [1.54, 1.807) is 0 Å². The van der Waals surface area contributed by atoms with Gasteiger partial charge >= 0.3 is 0 Å². The van der Waals surface area contributed by atoms with Crippen LogP contribution in [0.2, 0.25) is 0 Å². The molecule has 1 aromatic rings. The third-order valence-corrected chi connectivity index (χ3v) is 2.38. The SMILES string of the molecule is C=C(COS(C)(=O)=O)c1cc(F)c(F)cc1F. The molecule has 0 bridgehead atoms. The Balaban J connectivity index is 2.94. The van der Waals surface area contributed by atoms with Crippen LogP contribution in [0, 0.1) is 17.5 Å². The van der Waals surface area contributed by atoms with Gasteiger partial charge in [0.15, 0.2) is 11.6 Å². The van der Waals surface area contributed by atoms with Crippen molar-refractivity contribution < 1.29 is 25.8 Å². The van der Waals surface area contributed by atoms with Crippen LogP contribution in [0.15, 0.2) is 18.7 Å². The molecule has 7 heteroatoms. The summed E-state index contributed by atoms with van der Waals surface area (Å²) in [5, 5.41) is 0. The molecule has 94 valence electrons. The Morgan fingerprint density at radius 2 is 1.76 bits per heavy atom. The van der Waals surface area contributed by atoms with Crippen LogP contribution in [0.5, 0.6) is 0 Å². The zero-order chi connectivity index (χ0) is 13.2. The predicted octanol–water partition coefficient (Wildman–Crippen LogP) is 2.09. The fraction of sp³-hybridized carbons (Fsp3) is 0.200. The van der Waals surface area contributed by atoms with Crippen LogP contribution in [0.4, 0.5) is 13.2 Å². The van der Waals surface area contributed by atoms with Crippen molar-refractivity contribution in [3.63, 3.8) is 0 Å². The second kappa shape index (κ2) is 4.89. The van der Waals surface area contributed by atoms with Crippen LogP contribution in [0.1, 0.15) is 5.56 Å². The molecule has 1 aromatic carbocycles. The van der Waals surface area contributed by atoms with Gasteiger partial charge in [0.2, 0.25) is 0 Å². The highest BCUT2D eigenvalue weighted by molar-refractivity contribution is 7.86. The molecule has 0 aliphatic carbocycles. The van der Waals surface area contributed by atoms with Crippen LogP contribution < -0.4 is 0 Å². The maximum absolute atomic E-state index is 13.2. The molecule has 0 amide bonds. The van der Waals surface area contributed by atoms with Crippen molar-refractivity contribution in [3.8, 4) is 0 Å². The van der Waals surface area contributed by atoms with Gasteiger partial charge in [0.05, 0.1) is 12.9 Å². The molecular weight excluding hydrogens is 257 g/mol. The highest BCUT2D eigenvalue weighted by Crippen LogP contribution is 2.20. The summed E-state index contributed by atoms with van der Waals surface area (Å²) in [6.07, 6.45) is 0.807. The lowest BCUT2D eigenvalue weighted by atomic mass is 10.1. The second-order valence-electron chi connectivity index (χ2n) is 3.32. The molecule has 0 N–H and O–H groups in total. The lowest BCUT2D eigenvalue weighted by Gasteiger charge is -2.07. The number of hydrogen-bond acceptors (Lipinski definition) is 3. The van der Waals surface area contributed by atoms with E-state index in [4.69, 9.17) is 0 Å². The van der Waals surface area contributed by atoms with Crippen molar-refractivity contribution in [2.45, 2.75) is 0 Å². The van der Waals surface area contributed by atoms with Gasteiger partial charge in [-0.05, 0) is 11.6 Å². The summed E-state index contributed by atoms with van der Waals surface area (Å²) >= 11 is 0. The van der Waals surface area contributed by atoms with Gasteiger partial charge in [0, 0.05) is 11.6 Å². The minimum atomic E-state index is -3.71. The fourth-order valence-electron chi connectivity index (χ4n) is 1.05. The van der Waals surface area contributed by atoms with Gasteiger partial charge in [-0.2, -0.15) is 8.42 Å². The van der Waals surface area contributed by atoms with Crippen LogP contribution in [-0.2, 0) is 14.3 Å². The Morgan fingerprint density at radius 1 is 1.24 bits per heavy atom. The van der Waals surface area contributed by atoms with Gasteiger partial charge in [0.1, 0.15) is 5.82 Å². The Kier molecular flexibility index (Phi) is 3.94. The van der Waals surface area contributed by atoms with E-state index >= 15 is 0 Å². The molecule has 0 fully saturated rings. The molecule has 0 aromatic heterocycles. The first kappa shape index (κ1) is 13.7. The van der Waals surface area contributed by atoms with Gasteiger partial charge in [-0.1, -0.05) is 6.58 Å². The minimum absolute atomic E-state index is 0.105. The maximum Gasteiger partial charge on any atom is 0.264 e. The molecule has 0 spiro atoms. The lowest BCUT2D eigenvalue weighted by molar-refractivity contribution is 0.367. The third-order valence-electron chi connectivity index (χ3n) is 1.84. The van der Waals surface area contributed by atoms with Crippen molar-refractivity contribution in [1.29, 1.82) is 0 Å². The van der Waals surface area contributed by atoms with E-state index in [0.29, 0.717) is 12.1 Å². The largest absolute Gasteiger partial charge is 0.265 e. The molecule has 0 saturated heterocycles. The quantitative estimate of drug-likeness (QED) is 0.619. The fourth-order valence-corrected chi connectivity index (χ4v) is 1.41. The molecule has 0 saturated carbocycles. The van der Waals surface area contributed by atoms with E-state index in [1.165, 1.54) is 0 Å². The highest BCUT2D eigenvalue weighted by atomic mass is 32.2. The standard InChI is InChI=1S/C10H9F3O3S/c1-6(5-16-17(2,14)15)7-3-9(12)10(13)4-8(7)11/h3-4H,1,5H2,2H3. The molecule has 0 unspecified atom stereocenters. The van der Waals surface area contributed by atoms with Gasteiger partial charge in [-0.15, -0.1) is 0 Å². The second-order valence-corrected chi connectivity index (χ2v) is 4.96. The van der Waals surface area contributed by atoms with Crippen molar-refractivity contribution in [2.24, 2.45) is 0 Å². The first-order chi connectivity index (χ1) is 7.70. The number of benzene rings is 1. The molecular formula is C10H9F3O3S. The van der Waals surface area contributed by atoms with Crippen LogP contribution in [0.25, 0.3) is 5.57 Å². The van der Waals surface area contributed by atoms with E-state index < -0.39 is 34.2 Å². The summed E-state index contributed by atoms with van der Waals surface area (Å²) in [5.74, 6) is -3.61. The Hall–Kier alpha value is -1.34. The molecule has 1 rings (SSSR count). The molecule has 0 heterocycles. The van der Waals surface area contributed by atoms with Crippen LogP contribution in [0.3, 0.4) is 0 Å². The zero-order valence-corrected chi connectivity index (χ0v) is 9.65. The normalized spacial score (nSPS) is 11.5. The Labute approximate surface area is 96.6 Å². The minimum Gasteiger partial charge on any atom is -0.265 e.